The van der Waals surface area contributed by atoms with E-state index >= 15 is 0 Å². The third-order valence-corrected chi connectivity index (χ3v) is 5.72. The van der Waals surface area contributed by atoms with Crippen LogP contribution in [0.2, 0.25) is 10.0 Å². The molecule has 7 heteroatoms. The molecule has 0 aliphatic rings. The lowest BCUT2D eigenvalue weighted by molar-refractivity contribution is 0.102. The second kappa shape index (κ2) is 7.38. The highest BCUT2D eigenvalue weighted by atomic mass is 35.5. The van der Waals surface area contributed by atoms with Gasteiger partial charge in [-0.3, -0.25) is 4.79 Å². The fraction of sp³-hybridized carbons (Fsp3) is 0.118. The Bertz CT molecular complexity index is 908. The van der Waals surface area contributed by atoms with E-state index in [1.54, 1.807) is 13.0 Å². The number of benzene rings is 2. The van der Waals surface area contributed by atoms with Crippen LogP contribution in [-0.4, -0.2) is 20.1 Å². The summed E-state index contributed by atoms with van der Waals surface area (Å²) in [6.45, 7) is 5.21. The van der Waals surface area contributed by atoms with E-state index in [1.165, 1.54) is 36.4 Å². The molecule has 0 bridgehead atoms. The second-order valence-corrected chi connectivity index (χ2v) is 7.98. The van der Waals surface area contributed by atoms with Crippen LogP contribution in [-0.2, 0) is 9.84 Å². The minimum Gasteiger partial charge on any atom is -0.322 e. The van der Waals surface area contributed by atoms with E-state index in [2.05, 4.69) is 11.9 Å². The standard InChI is InChI=1S/C17H15Cl2NO3S/c1-3-8-24(22,23)13-6-4-11(2)16(10-13)20-17(21)12-5-7-14(18)15(19)9-12/h3-7,9-10H,1,8H2,2H3,(H,20,21). The van der Waals surface area contributed by atoms with Gasteiger partial charge in [0.2, 0.25) is 0 Å². The first-order valence-corrected chi connectivity index (χ1v) is 9.36. The lowest BCUT2D eigenvalue weighted by Gasteiger charge is -2.11. The van der Waals surface area contributed by atoms with Gasteiger partial charge in [-0.15, -0.1) is 6.58 Å². The number of sulfone groups is 1. The smallest absolute Gasteiger partial charge is 0.255 e. The normalized spacial score (nSPS) is 11.1. The van der Waals surface area contributed by atoms with Crippen molar-refractivity contribution in [2.24, 2.45) is 0 Å². The Morgan fingerprint density at radius 2 is 1.88 bits per heavy atom. The summed E-state index contributed by atoms with van der Waals surface area (Å²) in [5.74, 6) is -0.578. The van der Waals surface area contributed by atoms with E-state index in [9.17, 15) is 13.2 Å². The zero-order chi connectivity index (χ0) is 17.9. The number of aryl methyl sites for hydroxylation is 1. The molecular weight excluding hydrogens is 369 g/mol. The van der Waals surface area contributed by atoms with E-state index in [-0.39, 0.29) is 15.7 Å². The summed E-state index contributed by atoms with van der Waals surface area (Å²) in [5, 5.41) is 3.31. The van der Waals surface area contributed by atoms with Crippen LogP contribution in [0.1, 0.15) is 15.9 Å². The van der Waals surface area contributed by atoms with Crippen LogP contribution < -0.4 is 5.32 Å². The van der Waals surface area contributed by atoms with Crippen LogP contribution in [0.4, 0.5) is 5.69 Å². The molecule has 0 saturated heterocycles. The molecule has 0 atom stereocenters. The van der Waals surface area contributed by atoms with Gasteiger partial charge >= 0.3 is 0 Å². The predicted octanol–water partition coefficient (Wildman–Crippen LogP) is 4.51. The topological polar surface area (TPSA) is 63.2 Å². The fourth-order valence-corrected chi connectivity index (χ4v) is 3.39. The number of carbonyl (C=O) groups is 1. The van der Waals surface area contributed by atoms with Crippen molar-refractivity contribution < 1.29 is 13.2 Å². The second-order valence-electron chi connectivity index (χ2n) is 5.13. The Morgan fingerprint density at radius 1 is 1.17 bits per heavy atom. The van der Waals surface area contributed by atoms with Crippen molar-refractivity contribution in [1.29, 1.82) is 0 Å². The predicted molar refractivity (Wildman–Crippen MR) is 97.8 cm³/mol. The summed E-state index contributed by atoms with van der Waals surface area (Å²) >= 11 is 11.7. The van der Waals surface area contributed by atoms with Gasteiger partial charge in [0.15, 0.2) is 9.84 Å². The molecule has 2 aromatic carbocycles. The highest BCUT2D eigenvalue weighted by molar-refractivity contribution is 7.91. The van der Waals surface area contributed by atoms with E-state index in [0.29, 0.717) is 16.3 Å². The highest BCUT2D eigenvalue weighted by Gasteiger charge is 2.16. The summed E-state index contributed by atoms with van der Waals surface area (Å²) in [5.41, 5.74) is 1.47. The van der Waals surface area contributed by atoms with Crippen LogP contribution in [0.5, 0.6) is 0 Å². The van der Waals surface area contributed by atoms with Crippen molar-refractivity contribution in [2.45, 2.75) is 11.8 Å². The van der Waals surface area contributed by atoms with E-state index in [1.807, 2.05) is 0 Å². The van der Waals surface area contributed by atoms with Crippen molar-refractivity contribution in [3.8, 4) is 0 Å². The first-order chi connectivity index (χ1) is 11.2. The number of hydrogen-bond acceptors (Lipinski definition) is 3. The molecule has 1 amide bonds. The minimum absolute atomic E-state index is 0.123. The average Bonchev–Trinajstić information content (AvgIpc) is 2.51. The molecule has 1 N–H and O–H groups in total. The Labute approximate surface area is 151 Å². The van der Waals surface area contributed by atoms with E-state index in [4.69, 9.17) is 23.2 Å². The zero-order valence-electron chi connectivity index (χ0n) is 12.8. The molecule has 0 heterocycles. The third-order valence-electron chi connectivity index (χ3n) is 3.34. The number of anilines is 1. The number of rotatable bonds is 5. The monoisotopic (exact) mass is 383 g/mol. The van der Waals surface area contributed by atoms with Crippen molar-refractivity contribution in [3.63, 3.8) is 0 Å². The first kappa shape index (κ1) is 18.5. The highest BCUT2D eigenvalue weighted by Crippen LogP contribution is 2.25. The molecule has 2 rings (SSSR count). The Hall–Kier alpha value is -1.82. The largest absolute Gasteiger partial charge is 0.322 e. The van der Waals surface area contributed by atoms with Crippen LogP contribution in [0.15, 0.2) is 53.9 Å². The number of amides is 1. The molecular formula is C17H15Cl2NO3S. The molecule has 4 nitrogen and oxygen atoms in total. The molecule has 0 aliphatic heterocycles. The Balaban J connectivity index is 2.33. The molecule has 0 radical (unpaired) electrons. The lowest BCUT2D eigenvalue weighted by Crippen LogP contribution is -2.14. The van der Waals surface area contributed by atoms with Crippen molar-refractivity contribution in [1.82, 2.24) is 0 Å². The minimum atomic E-state index is -3.47. The molecule has 126 valence electrons. The SMILES string of the molecule is C=CCS(=O)(=O)c1ccc(C)c(NC(=O)c2ccc(Cl)c(Cl)c2)c1. The maximum Gasteiger partial charge on any atom is 0.255 e. The average molecular weight is 384 g/mol. The summed E-state index contributed by atoms with van der Waals surface area (Å²) in [6.07, 6.45) is 1.32. The van der Waals surface area contributed by atoms with Gasteiger partial charge in [-0.05, 0) is 42.8 Å². The number of nitrogens with one attached hydrogen (secondary N) is 1. The van der Waals surface area contributed by atoms with Crippen LogP contribution in [0, 0.1) is 6.92 Å². The molecule has 2 aromatic rings. The maximum absolute atomic E-state index is 12.3. The molecule has 0 aliphatic carbocycles. The van der Waals surface area contributed by atoms with Gasteiger partial charge in [-0.1, -0.05) is 35.3 Å². The maximum atomic E-state index is 12.3. The molecule has 0 fully saturated rings. The van der Waals surface area contributed by atoms with Gasteiger partial charge in [0.25, 0.3) is 5.91 Å². The number of halogens is 2. The van der Waals surface area contributed by atoms with Crippen LogP contribution in [0.3, 0.4) is 0 Å². The molecule has 0 spiro atoms. The Kier molecular flexibility index (Phi) is 5.70. The molecule has 0 aromatic heterocycles. The molecule has 0 saturated carbocycles. The zero-order valence-corrected chi connectivity index (χ0v) is 15.2. The van der Waals surface area contributed by atoms with Crippen molar-refractivity contribution >= 4 is 44.6 Å². The number of hydrogen-bond donors (Lipinski definition) is 1. The van der Waals surface area contributed by atoms with E-state index in [0.717, 1.165) is 5.56 Å². The summed E-state index contributed by atoms with van der Waals surface area (Å²) < 4.78 is 24.2. The molecule has 24 heavy (non-hydrogen) atoms. The van der Waals surface area contributed by atoms with Gasteiger partial charge in [-0.25, -0.2) is 8.42 Å². The Morgan fingerprint density at radius 3 is 2.50 bits per heavy atom. The van der Waals surface area contributed by atoms with Gasteiger partial charge < -0.3 is 5.32 Å². The fourth-order valence-electron chi connectivity index (χ4n) is 2.01. The summed E-state index contributed by atoms with van der Waals surface area (Å²) in [6, 6.07) is 9.09. The quantitative estimate of drug-likeness (QED) is 0.772. The summed E-state index contributed by atoms with van der Waals surface area (Å²) in [7, 11) is -3.47. The first-order valence-electron chi connectivity index (χ1n) is 6.95. The van der Waals surface area contributed by atoms with Crippen LogP contribution in [0.25, 0.3) is 0 Å². The van der Waals surface area contributed by atoms with Crippen molar-refractivity contribution in [3.05, 3.63) is 70.2 Å². The van der Waals surface area contributed by atoms with Gasteiger partial charge in [-0.2, -0.15) is 0 Å². The van der Waals surface area contributed by atoms with Crippen LogP contribution >= 0.6 is 23.2 Å². The van der Waals surface area contributed by atoms with Gasteiger partial charge in [0.05, 0.1) is 20.7 Å². The van der Waals surface area contributed by atoms with Crippen molar-refractivity contribution in [2.75, 3.05) is 11.1 Å². The van der Waals surface area contributed by atoms with Gasteiger partial charge in [0.1, 0.15) is 0 Å². The summed E-state index contributed by atoms with van der Waals surface area (Å²) in [4.78, 5) is 12.5. The number of carbonyl (C=O) groups excluding carboxylic acids is 1. The third kappa shape index (κ3) is 4.17. The lowest BCUT2D eigenvalue weighted by atomic mass is 10.1. The van der Waals surface area contributed by atoms with E-state index < -0.39 is 15.7 Å². The van der Waals surface area contributed by atoms with Gasteiger partial charge in [0, 0.05) is 11.3 Å². The molecule has 0 unspecified atom stereocenters.